The van der Waals surface area contributed by atoms with Crippen molar-refractivity contribution in [3.63, 3.8) is 0 Å². The summed E-state index contributed by atoms with van der Waals surface area (Å²) in [7, 11) is 1.61. The Labute approximate surface area is 201 Å². The van der Waals surface area contributed by atoms with Gasteiger partial charge in [-0.1, -0.05) is 23.7 Å². The van der Waals surface area contributed by atoms with Gasteiger partial charge in [0.1, 0.15) is 10.8 Å². The normalized spacial score (nSPS) is 15.5. The molecule has 0 spiro atoms. The molecule has 3 heterocycles. The first-order chi connectivity index (χ1) is 15.1. The van der Waals surface area contributed by atoms with E-state index in [-0.39, 0.29) is 24.1 Å². The van der Waals surface area contributed by atoms with Gasteiger partial charge in [0.2, 0.25) is 0 Å². The van der Waals surface area contributed by atoms with Gasteiger partial charge in [-0.3, -0.25) is 9.36 Å². The van der Waals surface area contributed by atoms with Crippen molar-refractivity contribution in [3.05, 3.63) is 76.2 Å². The highest BCUT2D eigenvalue weighted by Crippen LogP contribution is 2.34. The molecule has 0 aliphatic carbocycles. The highest BCUT2D eigenvalue weighted by molar-refractivity contribution is 7.22. The highest BCUT2D eigenvalue weighted by atomic mass is 35.5. The first kappa shape index (κ1) is 22.7. The molecular weight excluding hydrogens is 467 g/mol. The average Bonchev–Trinajstić information content (AvgIpc) is 3.45. The van der Waals surface area contributed by atoms with Crippen LogP contribution in [0, 0.1) is 0 Å². The Hall–Kier alpha value is -2.51. The molecule has 0 saturated carbocycles. The summed E-state index contributed by atoms with van der Waals surface area (Å²) in [5.41, 5.74) is 1.72. The van der Waals surface area contributed by atoms with Crippen molar-refractivity contribution in [3.8, 4) is 27.6 Å². The molecule has 0 radical (unpaired) electrons. The lowest BCUT2D eigenvalue weighted by atomic mass is 10.2. The van der Waals surface area contributed by atoms with E-state index >= 15 is 0 Å². The monoisotopic (exact) mass is 488 g/mol. The second-order valence-electron chi connectivity index (χ2n) is 7.46. The van der Waals surface area contributed by atoms with Crippen LogP contribution in [0.15, 0.2) is 65.6 Å². The van der Waals surface area contributed by atoms with Gasteiger partial charge in [-0.15, -0.1) is 23.7 Å². The lowest BCUT2D eigenvalue weighted by Gasteiger charge is -2.16. The summed E-state index contributed by atoms with van der Waals surface area (Å²) in [6, 6.07) is 17.3. The molecule has 1 saturated heterocycles. The van der Waals surface area contributed by atoms with E-state index in [0.29, 0.717) is 21.2 Å². The summed E-state index contributed by atoms with van der Waals surface area (Å²) in [6.07, 6.45) is 2.91. The number of nitrogens with one attached hydrogen (secondary N) is 1. The summed E-state index contributed by atoms with van der Waals surface area (Å²) in [5.74, 6) is 1.31. The van der Waals surface area contributed by atoms with Crippen LogP contribution in [0.3, 0.4) is 0 Å². The van der Waals surface area contributed by atoms with Crippen molar-refractivity contribution in [2.24, 2.45) is 0 Å². The third kappa shape index (κ3) is 4.36. The number of pyridine rings is 1. The van der Waals surface area contributed by atoms with Crippen molar-refractivity contribution >= 4 is 45.4 Å². The third-order valence-electron chi connectivity index (χ3n) is 5.44. The largest absolute Gasteiger partial charge is 0.493 e. The topological polar surface area (TPSA) is 52.5 Å². The molecule has 1 atom stereocenters. The predicted octanol–water partition coefficient (Wildman–Crippen LogP) is 5.54. The van der Waals surface area contributed by atoms with Crippen LogP contribution in [0.4, 0.5) is 0 Å². The Morgan fingerprint density at radius 1 is 1.09 bits per heavy atom. The molecule has 5 nitrogen and oxygen atoms in total. The van der Waals surface area contributed by atoms with Gasteiger partial charge >= 0.3 is 0 Å². The number of halogens is 2. The van der Waals surface area contributed by atoms with Gasteiger partial charge in [0.25, 0.3) is 5.56 Å². The number of aromatic nitrogens is 1. The number of methoxy groups -OCH3 is 1. The van der Waals surface area contributed by atoms with Gasteiger partial charge in [-0.2, -0.15) is 0 Å². The second-order valence-corrected chi connectivity index (χ2v) is 8.95. The van der Waals surface area contributed by atoms with Crippen LogP contribution in [0.2, 0.25) is 5.02 Å². The lowest BCUT2D eigenvalue weighted by Crippen LogP contribution is -2.20. The Bertz CT molecular complexity index is 1300. The fourth-order valence-corrected chi connectivity index (χ4v) is 5.02. The molecule has 2 aromatic heterocycles. The van der Waals surface area contributed by atoms with E-state index in [1.165, 1.54) is 11.3 Å². The van der Waals surface area contributed by atoms with E-state index in [4.69, 9.17) is 21.1 Å². The van der Waals surface area contributed by atoms with Gasteiger partial charge < -0.3 is 14.8 Å². The van der Waals surface area contributed by atoms with Crippen LogP contribution in [0.25, 0.3) is 26.2 Å². The molecule has 1 aliphatic rings. The zero-order valence-corrected chi connectivity index (χ0v) is 19.7. The van der Waals surface area contributed by atoms with Gasteiger partial charge in [-0.05, 0) is 54.9 Å². The van der Waals surface area contributed by atoms with Crippen LogP contribution in [-0.4, -0.2) is 30.9 Å². The minimum absolute atomic E-state index is 0. The maximum Gasteiger partial charge on any atom is 0.273 e. The summed E-state index contributed by atoms with van der Waals surface area (Å²) < 4.78 is 14.0. The standard InChI is InChI=1S/C24H21ClN2O3S.ClH/c1-29-21-13-18(6-7-20(21)30-19-8-10-26-14-19)27-11-9-16-12-22(31-23(16)24(27)28)15-2-4-17(25)5-3-15;/h2-7,9,11-13,19,26H,8,10,14H2,1H3;1H/t19-;/m1./s1. The number of hydrogen-bond donors (Lipinski definition) is 1. The second kappa shape index (κ2) is 9.55. The Balaban J connectivity index is 0.00000245. The van der Waals surface area contributed by atoms with Gasteiger partial charge in [0, 0.05) is 34.1 Å². The maximum absolute atomic E-state index is 13.3. The zero-order chi connectivity index (χ0) is 21.4. The van der Waals surface area contributed by atoms with E-state index < -0.39 is 0 Å². The molecule has 1 fully saturated rings. The van der Waals surface area contributed by atoms with E-state index in [0.717, 1.165) is 41.0 Å². The molecule has 5 rings (SSSR count). The number of ether oxygens (including phenoxy) is 2. The minimum atomic E-state index is -0.0570. The first-order valence-corrected chi connectivity index (χ1v) is 11.3. The molecule has 0 bridgehead atoms. The molecule has 0 unspecified atom stereocenters. The van der Waals surface area contributed by atoms with E-state index in [2.05, 4.69) is 5.32 Å². The number of thiophene rings is 1. The highest BCUT2D eigenvalue weighted by Gasteiger charge is 2.19. The van der Waals surface area contributed by atoms with Crippen LogP contribution < -0.4 is 20.3 Å². The van der Waals surface area contributed by atoms with Crippen molar-refractivity contribution in [1.82, 2.24) is 9.88 Å². The first-order valence-electron chi connectivity index (χ1n) is 10.1. The van der Waals surface area contributed by atoms with Gasteiger partial charge in [0.15, 0.2) is 11.5 Å². The molecule has 2 aromatic carbocycles. The Morgan fingerprint density at radius 2 is 1.91 bits per heavy atom. The molecule has 8 heteroatoms. The zero-order valence-electron chi connectivity index (χ0n) is 17.3. The molecule has 166 valence electrons. The van der Waals surface area contributed by atoms with Crippen molar-refractivity contribution in [2.75, 3.05) is 20.2 Å². The number of rotatable bonds is 5. The number of benzene rings is 2. The smallest absolute Gasteiger partial charge is 0.273 e. The van der Waals surface area contributed by atoms with Crippen LogP contribution in [-0.2, 0) is 0 Å². The van der Waals surface area contributed by atoms with Crippen LogP contribution in [0.5, 0.6) is 11.5 Å². The molecule has 32 heavy (non-hydrogen) atoms. The summed E-state index contributed by atoms with van der Waals surface area (Å²) >= 11 is 7.49. The van der Waals surface area contributed by atoms with Crippen molar-refractivity contribution in [1.29, 1.82) is 0 Å². The summed E-state index contributed by atoms with van der Waals surface area (Å²) in [4.78, 5) is 14.3. The SMILES string of the molecule is COc1cc(-n2ccc3cc(-c4ccc(Cl)cc4)sc3c2=O)ccc1O[C@@H]1CCNC1.Cl. The minimum Gasteiger partial charge on any atom is -0.493 e. The third-order valence-corrected chi connectivity index (χ3v) is 6.88. The molecule has 1 N–H and O–H groups in total. The molecule has 4 aromatic rings. The average molecular weight is 489 g/mol. The maximum atomic E-state index is 13.3. The van der Waals surface area contributed by atoms with Crippen LogP contribution >= 0.6 is 35.3 Å². The molecule has 0 amide bonds. The lowest BCUT2D eigenvalue weighted by molar-refractivity contribution is 0.213. The van der Waals surface area contributed by atoms with E-state index in [1.807, 2.05) is 54.6 Å². The van der Waals surface area contributed by atoms with Crippen molar-refractivity contribution < 1.29 is 9.47 Å². The molecule has 1 aliphatic heterocycles. The van der Waals surface area contributed by atoms with Gasteiger partial charge in [-0.25, -0.2) is 0 Å². The quantitative estimate of drug-likeness (QED) is 0.400. The number of nitrogens with zero attached hydrogens (tertiary/aromatic N) is 1. The van der Waals surface area contributed by atoms with Gasteiger partial charge in [0.05, 0.1) is 12.8 Å². The summed E-state index contributed by atoms with van der Waals surface area (Å²) in [5, 5.41) is 4.91. The Morgan fingerprint density at radius 3 is 2.62 bits per heavy atom. The molecular formula is C24H22Cl2N2O3S. The predicted molar refractivity (Wildman–Crippen MR) is 134 cm³/mol. The summed E-state index contributed by atoms with van der Waals surface area (Å²) in [6.45, 7) is 1.79. The Kier molecular flexibility index (Phi) is 6.76. The van der Waals surface area contributed by atoms with Crippen molar-refractivity contribution in [2.45, 2.75) is 12.5 Å². The number of hydrogen-bond acceptors (Lipinski definition) is 5. The number of fused-ring (bicyclic) bond motifs is 1. The fourth-order valence-electron chi connectivity index (χ4n) is 3.80. The fraction of sp³-hybridized carbons (Fsp3) is 0.208. The van der Waals surface area contributed by atoms with E-state index in [9.17, 15) is 4.79 Å². The van der Waals surface area contributed by atoms with E-state index in [1.54, 1.807) is 17.9 Å². The van der Waals surface area contributed by atoms with Crippen LogP contribution in [0.1, 0.15) is 6.42 Å².